The van der Waals surface area contributed by atoms with Gasteiger partial charge in [-0.3, -0.25) is 4.79 Å². The van der Waals surface area contributed by atoms with Gasteiger partial charge in [-0.05, 0) is 18.1 Å². The highest BCUT2D eigenvalue weighted by molar-refractivity contribution is 5.95. The molecule has 0 aliphatic heterocycles. The first kappa shape index (κ1) is 19.6. The number of aromatic nitrogens is 2. The van der Waals surface area contributed by atoms with Gasteiger partial charge in [0.05, 0.1) is 13.2 Å². The van der Waals surface area contributed by atoms with Gasteiger partial charge < -0.3 is 25.2 Å². The molecule has 0 saturated heterocycles. The second-order valence-corrected chi connectivity index (χ2v) is 6.58. The molecule has 2 aromatic heterocycles. The van der Waals surface area contributed by atoms with E-state index in [1.54, 1.807) is 0 Å². The number of H-pyrrole nitrogens is 1. The van der Waals surface area contributed by atoms with Gasteiger partial charge >= 0.3 is 5.97 Å². The zero-order valence-electron chi connectivity index (χ0n) is 15.9. The number of fused-ring (bicyclic) bond motifs is 1. The minimum Gasteiger partial charge on any atom is -0.467 e. The lowest BCUT2D eigenvalue weighted by Gasteiger charge is -2.15. The number of carbonyl (C=O) groups excluding carboxylic acids is 2. The first-order chi connectivity index (χ1) is 13.5. The number of oxazole rings is 1. The number of amides is 1. The standard InChI is InChI=1S/C20H24N4O4/c1-3-6-14(21)19-24-17(11-28-19)18(25)23-16(20(26)27-2)9-12-10-22-15-8-5-4-7-13(12)15/h4-5,7-8,10-11,14,16,22H,3,6,9,21H2,1-2H3,(H,23,25). The number of aromatic amines is 1. The molecular formula is C20H24N4O4. The summed E-state index contributed by atoms with van der Waals surface area (Å²) in [6.07, 6.45) is 4.93. The second-order valence-electron chi connectivity index (χ2n) is 6.58. The van der Waals surface area contributed by atoms with E-state index in [-0.39, 0.29) is 18.2 Å². The van der Waals surface area contributed by atoms with Gasteiger partial charge in [0.1, 0.15) is 12.3 Å². The zero-order valence-corrected chi connectivity index (χ0v) is 15.9. The maximum absolute atomic E-state index is 12.6. The first-order valence-corrected chi connectivity index (χ1v) is 9.18. The van der Waals surface area contributed by atoms with Crippen molar-refractivity contribution >= 4 is 22.8 Å². The van der Waals surface area contributed by atoms with Crippen LogP contribution in [0.2, 0.25) is 0 Å². The van der Waals surface area contributed by atoms with Crippen LogP contribution in [0.25, 0.3) is 10.9 Å². The number of ether oxygens (including phenoxy) is 1. The van der Waals surface area contributed by atoms with Crippen molar-refractivity contribution < 1.29 is 18.7 Å². The Kier molecular flexibility index (Phi) is 6.10. The number of esters is 1. The lowest BCUT2D eigenvalue weighted by atomic mass is 10.0. The van der Waals surface area contributed by atoms with Gasteiger partial charge in [-0.25, -0.2) is 9.78 Å². The fourth-order valence-electron chi connectivity index (χ4n) is 3.08. The second kappa shape index (κ2) is 8.71. The molecule has 8 nitrogen and oxygen atoms in total. The number of nitrogens with zero attached hydrogens (tertiary/aromatic N) is 1. The smallest absolute Gasteiger partial charge is 0.328 e. The minimum atomic E-state index is -0.860. The Morgan fingerprint density at radius 1 is 1.36 bits per heavy atom. The molecule has 2 unspecified atom stereocenters. The van der Waals surface area contributed by atoms with Crippen LogP contribution in [0.15, 0.2) is 41.1 Å². The average molecular weight is 384 g/mol. The van der Waals surface area contributed by atoms with Gasteiger partial charge in [0, 0.05) is 23.5 Å². The third-order valence-electron chi connectivity index (χ3n) is 4.56. The van der Waals surface area contributed by atoms with E-state index in [1.165, 1.54) is 13.4 Å². The zero-order chi connectivity index (χ0) is 20.1. The molecule has 0 aliphatic carbocycles. The molecule has 0 fully saturated rings. The number of methoxy groups -OCH3 is 1. The Morgan fingerprint density at radius 2 is 2.14 bits per heavy atom. The van der Waals surface area contributed by atoms with E-state index < -0.39 is 17.9 Å². The number of benzene rings is 1. The van der Waals surface area contributed by atoms with Crippen LogP contribution in [-0.4, -0.2) is 35.0 Å². The topological polar surface area (TPSA) is 123 Å². The third-order valence-corrected chi connectivity index (χ3v) is 4.56. The molecular weight excluding hydrogens is 360 g/mol. The largest absolute Gasteiger partial charge is 0.467 e. The fourth-order valence-corrected chi connectivity index (χ4v) is 3.08. The summed E-state index contributed by atoms with van der Waals surface area (Å²) >= 11 is 0. The van der Waals surface area contributed by atoms with Crippen molar-refractivity contribution in [2.75, 3.05) is 7.11 Å². The predicted molar refractivity (Wildman–Crippen MR) is 104 cm³/mol. The molecule has 1 amide bonds. The van der Waals surface area contributed by atoms with E-state index in [0.717, 1.165) is 22.9 Å². The molecule has 2 heterocycles. The average Bonchev–Trinajstić information content (AvgIpc) is 3.35. The SMILES string of the molecule is CCCC(N)c1nc(C(=O)NC(Cc2c[nH]c3ccccc23)C(=O)OC)co1. The number of nitrogens with one attached hydrogen (secondary N) is 2. The van der Waals surface area contributed by atoms with E-state index in [4.69, 9.17) is 14.9 Å². The summed E-state index contributed by atoms with van der Waals surface area (Å²) in [6.45, 7) is 2.00. The molecule has 148 valence electrons. The van der Waals surface area contributed by atoms with Crippen molar-refractivity contribution in [3.05, 3.63) is 53.9 Å². The van der Waals surface area contributed by atoms with Crippen molar-refractivity contribution in [1.29, 1.82) is 0 Å². The summed E-state index contributed by atoms with van der Waals surface area (Å²) in [6, 6.07) is 6.52. The Labute approximate surface area is 162 Å². The summed E-state index contributed by atoms with van der Waals surface area (Å²) in [5.74, 6) is -0.753. The molecule has 0 saturated carbocycles. The van der Waals surface area contributed by atoms with Crippen molar-refractivity contribution in [3.8, 4) is 0 Å². The van der Waals surface area contributed by atoms with E-state index in [2.05, 4.69) is 15.3 Å². The van der Waals surface area contributed by atoms with Crippen molar-refractivity contribution in [1.82, 2.24) is 15.3 Å². The highest BCUT2D eigenvalue weighted by Crippen LogP contribution is 2.20. The number of carbonyl (C=O) groups is 2. The molecule has 4 N–H and O–H groups in total. The highest BCUT2D eigenvalue weighted by atomic mass is 16.5. The van der Waals surface area contributed by atoms with Gasteiger partial charge in [0.15, 0.2) is 5.69 Å². The number of rotatable bonds is 8. The molecule has 0 radical (unpaired) electrons. The highest BCUT2D eigenvalue weighted by Gasteiger charge is 2.25. The van der Waals surface area contributed by atoms with Crippen LogP contribution in [0.4, 0.5) is 0 Å². The van der Waals surface area contributed by atoms with Crippen LogP contribution < -0.4 is 11.1 Å². The van der Waals surface area contributed by atoms with Gasteiger partial charge in [0.25, 0.3) is 5.91 Å². The maximum atomic E-state index is 12.6. The Morgan fingerprint density at radius 3 is 2.89 bits per heavy atom. The molecule has 3 rings (SSSR count). The van der Waals surface area contributed by atoms with Crippen molar-refractivity contribution in [2.45, 2.75) is 38.3 Å². The summed E-state index contributed by atoms with van der Waals surface area (Å²) in [4.78, 5) is 32.1. The van der Waals surface area contributed by atoms with Crippen LogP contribution in [0.5, 0.6) is 0 Å². The number of hydrogen-bond donors (Lipinski definition) is 3. The monoisotopic (exact) mass is 384 g/mol. The molecule has 0 bridgehead atoms. The van der Waals surface area contributed by atoms with Crippen LogP contribution in [0, 0.1) is 0 Å². The molecule has 3 aromatic rings. The normalized spacial score (nSPS) is 13.2. The van der Waals surface area contributed by atoms with E-state index in [9.17, 15) is 9.59 Å². The maximum Gasteiger partial charge on any atom is 0.328 e. The quantitative estimate of drug-likeness (QED) is 0.513. The lowest BCUT2D eigenvalue weighted by Crippen LogP contribution is -2.43. The Hall–Kier alpha value is -3.13. The van der Waals surface area contributed by atoms with Gasteiger partial charge in [0.2, 0.25) is 5.89 Å². The molecule has 8 heteroatoms. The van der Waals surface area contributed by atoms with E-state index >= 15 is 0 Å². The molecule has 1 aromatic carbocycles. The first-order valence-electron chi connectivity index (χ1n) is 9.18. The van der Waals surface area contributed by atoms with Crippen LogP contribution >= 0.6 is 0 Å². The summed E-state index contributed by atoms with van der Waals surface area (Å²) in [5, 5.41) is 3.67. The third kappa shape index (κ3) is 4.23. The van der Waals surface area contributed by atoms with Crippen LogP contribution in [0.1, 0.15) is 47.7 Å². The summed E-state index contributed by atoms with van der Waals surface area (Å²) in [7, 11) is 1.29. The number of para-hydroxylation sites is 1. The van der Waals surface area contributed by atoms with Crippen LogP contribution in [-0.2, 0) is 16.0 Å². The van der Waals surface area contributed by atoms with Crippen molar-refractivity contribution in [2.24, 2.45) is 5.73 Å². The Balaban J connectivity index is 1.75. The molecule has 2 atom stereocenters. The van der Waals surface area contributed by atoms with Gasteiger partial charge in [-0.15, -0.1) is 0 Å². The Bertz CT molecular complexity index is 962. The minimum absolute atomic E-state index is 0.0781. The molecule has 0 aliphatic rings. The van der Waals surface area contributed by atoms with Gasteiger partial charge in [-0.1, -0.05) is 31.5 Å². The summed E-state index contributed by atoms with van der Waals surface area (Å²) in [5.41, 5.74) is 7.90. The van der Waals surface area contributed by atoms with E-state index in [0.29, 0.717) is 12.3 Å². The van der Waals surface area contributed by atoms with Crippen LogP contribution in [0.3, 0.4) is 0 Å². The lowest BCUT2D eigenvalue weighted by molar-refractivity contribution is -0.142. The van der Waals surface area contributed by atoms with Gasteiger partial charge in [-0.2, -0.15) is 0 Å². The fraction of sp³-hybridized carbons (Fsp3) is 0.350. The van der Waals surface area contributed by atoms with Crippen molar-refractivity contribution in [3.63, 3.8) is 0 Å². The van der Waals surface area contributed by atoms with E-state index in [1.807, 2.05) is 37.4 Å². The number of hydrogen-bond acceptors (Lipinski definition) is 6. The molecule has 0 spiro atoms. The molecule has 28 heavy (non-hydrogen) atoms. The summed E-state index contributed by atoms with van der Waals surface area (Å²) < 4.78 is 10.2. The predicted octanol–water partition coefficient (Wildman–Crippen LogP) is 2.47. The number of nitrogens with two attached hydrogens (primary N) is 1.